The van der Waals surface area contributed by atoms with Crippen LogP contribution in [0.1, 0.15) is 57.9 Å². The van der Waals surface area contributed by atoms with Gasteiger partial charge in [0.1, 0.15) is 12.4 Å². The van der Waals surface area contributed by atoms with E-state index in [9.17, 15) is 13.0 Å². The fourth-order valence-corrected chi connectivity index (χ4v) is 2.96. The molecule has 0 radical (unpaired) electrons. The normalized spacial score (nSPS) is 12.4. The van der Waals surface area contributed by atoms with Crippen molar-refractivity contribution < 1.29 is 56.7 Å². The van der Waals surface area contributed by atoms with E-state index in [1.54, 1.807) is 0 Å². The summed E-state index contributed by atoms with van der Waals surface area (Å²) in [5.41, 5.74) is 1.28. The molecule has 1 rings (SSSR count). The van der Waals surface area contributed by atoms with E-state index in [1.165, 1.54) is 44.1 Å². The third kappa shape index (κ3) is 14.8. The van der Waals surface area contributed by atoms with Crippen molar-refractivity contribution in [3.05, 3.63) is 29.8 Å². The summed E-state index contributed by atoms with van der Waals surface area (Å²) in [6, 6.07) is 7.91. The van der Waals surface area contributed by atoms with Gasteiger partial charge in [0.05, 0.1) is 22.5 Å². The van der Waals surface area contributed by atoms with Crippen molar-refractivity contribution in [1.82, 2.24) is 0 Å². The van der Waals surface area contributed by atoms with Crippen LogP contribution in [0.15, 0.2) is 24.3 Å². The number of hydrogen-bond acceptors (Lipinski definition) is 6. The topological polar surface area (TPSA) is 84.9 Å². The van der Waals surface area contributed by atoms with Gasteiger partial charge < -0.3 is 18.8 Å². The number of rotatable bonds is 16. The van der Waals surface area contributed by atoms with Gasteiger partial charge in [0.15, 0.2) is 0 Å². The van der Waals surface area contributed by atoms with Crippen LogP contribution in [-0.2, 0) is 26.0 Å². The second kappa shape index (κ2) is 16.6. The summed E-state index contributed by atoms with van der Waals surface area (Å²) < 4.78 is 48.1. The molecule has 1 aromatic carbocycles. The summed E-state index contributed by atoms with van der Waals surface area (Å²) >= 11 is 0. The first-order valence-electron chi connectivity index (χ1n) is 9.83. The minimum absolute atomic E-state index is 0. The molecule has 0 spiro atoms. The molecule has 28 heavy (non-hydrogen) atoms. The van der Waals surface area contributed by atoms with E-state index in [1.807, 2.05) is 19.1 Å². The Bertz CT molecular complexity index is 591. The number of aryl methyl sites for hydroxylation is 1. The van der Waals surface area contributed by atoms with Crippen LogP contribution in [0.2, 0.25) is 0 Å². The van der Waals surface area contributed by atoms with Gasteiger partial charge in [-0.15, -0.1) is 0 Å². The van der Waals surface area contributed by atoms with E-state index in [0.29, 0.717) is 12.4 Å². The first-order valence-corrected chi connectivity index (χ1v) is 11.4. The predicted octanol–water partition coefficient (Wildman–Crippen LogP) is 0.897. The van der Waals surface area contributed by atoms with E-state index < -0.39 is 22.2 Å². The molecule has 1 atom stereocenters. The smallest absolute Gasteiger partial charge is 0.748 e. The quantitative estimate of drug-likeness (QED) is 0.170. The van der Waals surface area contributed by atoms with Gasteiger partial charge >= 0.3 is 29.6 Å². The molecule has 0 saturated heterocycles. The number of ether oxygens (including phenoxy) is 3. The molecule has 8 heteroatoms. The third-order valence-electron chi connectivity index (χ3n) is 4.09. The van der Waals surface area contributed by atoms with E-state index in [4.69, 9.17) is 14.2 Å². The second-order valence-corrected chi connectivity index (χ2v) is 8.02. The molecule has 0 aliphatic carbocycles. The zero-order chi connectivity index (χ0) is 20.0. The first-order chi connectivity index (χ1) is 12.9. The SMILES string of the molecule is CCCCCCCCc1ccc(OC(COCCS(=O)(=O)[O-])OCC)cc1.[Na+]. The van der Waals surface area contributed by atoms with Crippen molar-refractivity contribution in [2.75, 3.05) is 25.6 Å². The molecule has 0 bridgehead atoms. The van der Waals surface area contributed by atoms with Crippen LogP contribution in [0.25, 0.3) is 0 Å². The monoisotopic (exact) mass is 424 g/mol. The summed E-state index contributed by atoms with van der Waals surface area (Å²) in [6.45, 7) is 4.38. The largest absolute Gasteiger partial charge is 1.00 e. The van der Waals surface area contributed by atoms with Crippen molar-refractivity contribution in [3.8, 4) is 5.75 Å². The Morgan fingerprint density at radius 2 is 1.64 bits per heavy atom. The van der Waals surface area contributed by atoms with Gasteiger partial charge in [-0.1, -0.05) is 51.2 Å². The molecular weight excluding hydrogens is 391 g/mol. The number of unbranched alkanes of at least 4 members (excludes halogenated alkanes) is 5. The summed E-state index contributed by atoms with van der Waals surface area (Å²) in [4.78, 5) is 0. The summed E-state index contributed by atoms with van der Waals surface area (Å²) in [5, 5.41) is 0. The average molecular weight is 425 g/mol. The predicted molar refractivity (Wildman–Crippen MR) is 105 cm³/mol. The number of benzene rings is 1. The van der Waals surface area contributed by atoms with E-state index in [0.717, 1.165) is 6.42 Å². The average Bonchev–Trinajstić information content (AvgIpc) is 2.62. The van der Waals surface area contributed by atoms with Gasteiger partial charge in [-0.05, 0) is 37.5 Å². The molecule has 0 fully saturated rings. The third-order valence-corrected chi connectivity index (χ3v) is 4.76. The van der Waals surface area contributed by atoms with Crippen LogP contribution >= 0.6 is 0 Å². The Morgan fingerprint density at radius 3 is 2.25 bits per heavy atom. The molecule has 6 nitrogen and oxygen atoms in total. The molecule has 0 aliphatic rings. The maximum Gasteiger partial charge on any atom is 1.00 e. The van der Waals surface area contributed by atoms with Crippen molar-refractivity contribution in [1.29, 1.82) is 0 Å². The van der Waals surface area contributed by atoms with Crippen molar-refractivity contribution in [2.24, 2.45) is 0 Å². The summed E-state index contributed by atoms with van der Waals surface area (Å²) in [5.74, 6) is 0.110. The van der Waals surface area contributed by atoms with Crippen LogP contribution < -0.4 is 34.3 Å². The van der Waals surface area contributed by atoms with Crippen LogP contribution in [-0.4, -0.2) is 44.8 Å². The summed E-state index contributed by atoms with van der Waals surface area (Å²) in [7, 11) is -4.27. The molecule has 1 aromatic rings. The second-order valence-electron chi connectivity index (χ2n) is 6.50. The van der Waals surface area contributed by atoms with Crippen LogP contribution in [0, 0.1) is 0 Å². The van der Waals surface area contributed by atoms with Gasteiger partial charge in [0.25, 0.3) is 0 Å². The van der Waals surface area contributed by atoms with Crippen LogP contribution in [0.4, 0.5) is 0 Å². The Morgan fingerprint density at radius 1 is 1.00 bits per heavy atom. The fourth-order valence-electron chi connectivity index (χ4n) is 2.64. The minimum atomic E-state index is -4.27. The molecule has 0 aliphatic heterocycles. The maximum atomic E-state index is 10.6. The van der Waals surface area contributed by atoms with Gasteiger partial charge in [0, 0.05) is 6.61 Å². The minimum Gasteiger partial charge on any atom is -0.748 e. The van der Waals surface area contributed by atoms with E-state index in [-0.39, 0.29) is 42.8 Å². The molecule has 0 saturated carbocycles. The Kier molecular flexibility index (Phi) is 16.5. The molecule has 0 amide bonds. The first kappa shape index (κ1) is 27.8. The van der Waals surface area contributed by atoms with Gasteiger partial charge in [-0.3, -0.25) is 0 Å². The zero-order valence-corrected chi connectivity index (χ0v) is 20.3. The van der Waals surface area contributed by atoms with Gasteiger partial charge in [0.2, 0.25) is 6.29 Å². The van der Waals surface area contributed by atoms with Gasteiger partial charge in [-0.2, -0.15) is 0 Å². The molecule has 156 valence electrons. The molecule has 0 heterocycles. The fraction of sp³-hybridized carbons (Fsp3) is 0.700. The Labute approximate surface area is 192 Å². The zero-order valence-electron chi connectivity index (χ0n) is 17.5. The Balaban J connectivity index is 0.00000729. The van der Waals surface area contributed by atoms with Gasteiger partial charge in [-0.25, -0.2) is 8.42 Å². The van der Waals surface area contributed by atoms with E-state index in [2.05, 4.69) is 19.1 Å². The molecule has 0 N–H and O–H groups in total. The van der Waals surface area contributed by atoms with Crippen molar-refractivity contribution in [3.63, 3.8) is 0 Å². The van der Waals surface area contributed by atoms with Crippen molar-refractivity contribution >= 4 is 10.1 Å². The Hall–Kier alpha value is -0.150. The van der Waals surface area contributed by atoms with E-state index >= 15 is 0 Å². The maximum absolute atomic E-state index is 10.6. The molecule has 1 unspecified atom stereocenters. The standard InChI is InChI=1S/C20H34O6S.Na/c1-3-5-6-7-8-9-10-18-11-13-19(14-12-18)26-20(25-4-2)17-24-15-16-27(21,22)23;/h11-14,20H,3-10,15-17H2,1-2H3,(H,21,22,23);/q;+1/p-1. The number of hydrogen-bond donors (Lipinski definition) is 0. The molecule has 0 aromatic heterocycles. The summed E-state index contributed by atoms with van der Waals surface area (Å²) in [6.07, 6.45) is 8.10. The van der Waals surface area contributed by atoms with Crippen LogP contribution in [0.3, 0.4) is 0 Å². The van der Waals surface area contributed by atoms with Crippen molar-refractivity contribution in [2.45, 2.75) is 65.1 Å². The molecular formula is C20H33NaO6S. The van der Waals surface area contributed by atoms with Crippen LogP contribution in [0.5, 0.6) is 5.75 Å².